The van der Waals surface area contributed by atoms with Gasteiger partial charge in [-0.3, -0.25) is 14.4 Å². The molecular formula is C22H25N3O7S. The van der Waals surface area contributed by atoms with Crippen molar-refractivity contribution in [1.82, 2.24) is 4.72 Å². The van der Waals surface area contributed by atoms with Gasteiger partial charge in [-0.15, -0.1) is 0 Å². The Morgan fingerprint density at radius 1 is 1.09 bits per heavy atom. The summed E-state index contributed by atoms with van der Waals surface area (Å²) in [5.74, 6) is -1.43. The highest BCUT2D eigenvalue weighted by Gasteiger charge is 2.31. The average molecular weight is 476 g/mol. The van der Waals surface area contributed by atoms with Crippen LogP contribution in [0.25, 0.3) is 0 Å². The number of nitrogens with one attached hydrogen (secondary N) is 3. The number of carbonyl (C=O) groups excluding carboxylic acids is 3. The van der Waals surface area contributed by atoms with Crippen LogP contribution in [0.1, 0.15) is 27.2 Å². The van der Waals surface area contributed by atoms with Gasteiger partial charge in [0.25, 0.3) is 11.8 Å². The summed E-state index contributed by atoms with van der Waals surface area (Å²) in [6, 6.07) is 12.1. The first kappa shape index (κ1) is 24.2. The van der Waals surface area contributed by atoms with Crippen LogP contribution in [0, 0.1) is 0 Å². The molecule has 0 spiro atoms. The predicted octanol–water partition coefficient (Wildman–Crippen LogP) is 2.03. The first-order valence-corrected chi connectivity index (χ1v) is 11.7. The summed E-state index contributed by atoms with van der Waals surface area (Å²) in [5.41, 5.74) is 0.844. The fourth-order valence-electron chi connectivity index (χ4n) is 3.02. The zero-order chi connectivity index (χ0) is 24.2. The number of sulfonamides is 1. The van der Waals surface area contributed by atoms with E-state index >= 15 is 0 Å². The van der Waals surface area contributed by atoms with E-state index in [9.17, 15) is 22.8 Å². The van der Waals surface area contributed by atoms with Crippen molar-refractivity contribution < 1.29 is 32.3 Å². The van der Waals surface area contributed by atoms with E-state index in [0.29, 0.717) is 17.1 Å². The molecule has 2 aromatic rings. The zero-order valence-electron chi connectivity index (χ0n) is 18.3. The zero-order valence-corrected chi connectivity index (χ0v) is 19.1. The van der Waals surface area contributed by atoms with Gasteiger partial charge in [-0.05, 0) is 57.2 Å². The molecule has 0 aliphatic carbocycles. The molecule has 0 saturated carbocycles. The highest BCUT2D eigenvalue weighted by Crippen LogP contribution is 2.29. The molecule has 0 fully saturated rings. The van der Waals surface area contributed by atoms with Crippen molar-refractivity contribution in [3.05, 3.63) is 48.5 Å². The lowest BCUT2D eigenvalue weighted by atomic mass is 10.1. The minimum atomic E-state index is -3.65. The van der Waals surface area contributed by atoms with Gasteiger partial charge in [0, 0.05) is 11.7 Å². The third-order valence-electron chi connectivity index (χ3n) is 4.56. The largest absolute Gasteiger partial charge is 0.478 e. The lowest BCUT2D eigenvalue weighted by molar-refractivity contribution is -0.155. The molecule has 0 aromatic heterocycles. The predicted molar refractivity (Wildman–Crippen MR) is 120 cm³/mol. The lowest BCUT2D eigenvalue weighted by Gasteiger charge is -2.25. The summed E-state index contributed by atoms with van der Waals surface area (Å²) in [7, 11) is -3.65. The standard InChI is InChI=1S/C22H25N3O7S/c1-13(2)25-33(29,30)16-10-8-15(9-11-16)23-21(27)14(3)31-20(26)12-19-22(28)24-17-6-4-5-7-18(17)32-19/h4-11,13-14,19,25H,12H2,1-3H3,(H,23,27)(H,24,28)/t14-,19+/m1/s1. The first-order chi connectivity index (χ1) is 15.5. The maximum atomic E-state index is 12.4. The first-order valence-electron chi connectivity index (χ1n) is 10.2. The van der Waals surface area contributed by atoms with Gasteiger partial charge in [-0.1, -0.05) is 12.1 Å². The second kappa shape index (κ2) is 10.0. The van der Waals surface area contributed by atoms with E-state index in [1.807, 2.05) is 0 Å². The summed E-state index contributed by atoms with van der Waals surface area (Å²) >= 11 is 0. The van der Waals surface area contributed by atoms with Gasteiger partial charge < -0.3 is 20.1 Å². The number of carbonyl (C=O) groups is 3. The molecule has 1 aliphatic rings. The fraction of sp³-hybridized carbons (Fsp3) is 0.318. The summed E-state index contributed by atoms with van der Waals surface area (Å²) < 4.78 is 37.5. The van der Waals surface area contributed by atoms with E-state index in [1.54, 1.807) is 38.1 Å². The van der Waals surface area contributed by atoms with Gasteiger partial charge in [0.2, 0.25) is 10.0 Å². The second-order valence-electron chi connectivity index (χ2n) is 7.72. The van der Waals surface area contributed by atoms with Crippen LogP contribution in [-0.2, 0) is 29.1 Å². The Balaban J connectivity index is 1.53. The van der Waals surface area contributed by atoms with Crippen LogP contribution in [0.3, 0.4) is 0 Å². The Morgan fingerprint density at radius 2 is 1.76 bits per heavy atom. The quantitative estimate of drug-likeness (QED) is 0.496. The number of para-hydroxylation sites is 2. The molecule has 0 bridgehead atoms. The van der Waals surface area contributed by atoms with Crippen LogP contribution in [0.4, 0.5) is 11.4 Å². The summed E-state index contributed by atoms with van der Waals surface area (Å²) in [6.07, 6.45) is -2.59. The average Bonchev–Trinajstić information content (AvgIpc) is 2.73. The van der Waals surface area contributed by atoms with E-state index < -0.39 is 40.0 Å². The van der Waals surface area contributed by atoms with Gasteiger partial charge in [-0.25, -0.2) is 13.1 Å². The minimum Gasteiger partial charge on any atom is -0.478 e. The van der Waals surface area contributed by atoms with Crippen molar-refractivity contribution in [2.45, 2.75) is 50.3 Å². The van der Waals surface area contributed by atoms with Crippen LogP contribution in [-0.4, -0.2) is 44.5 Å². The van der Waals surface area contributed by atoms with Crippen molar-refractivity contribution in [3.8, 4) is 5.75 Å². The summed E-state index contributed by atoms with van der Waals surface area (Å²) in [4.78, 5) is 36.8. The molecule has 0 saturated heterocycles. The smallest absolute Gasteiger partial charge is 0.310 e. The number of anilines is 2. The number of hydrogen-bond donors (Lipinski definition) is 3. The molecule has 10 nitrogen and oxygen atoms in total. The summed E-state index contributed by atoms with van der Waals surface area (Å²) in [5, 5.41) is 5.20. The molecule has 0 unspecified atom stereocenters. The van der Waals surface area contributed by atoms with Crippen LogP contribution >= 0.6 is 0 Å². The fourth-order valence-corrected chi connectivity index (χ4v) is 4.27. The Kier molecular flexibility index (Phi) is 7.34. The van der Waals surface area contributed by atoms with Crippen molar-refractivity contribution in [2.24, 2.45) is 0 Å². The van der Waals surface area contributed by atoms with Crippen LogP contribution in [0.5, 0.6) is 5.75 Å². The molecule has 1 aliphatic heterocycles. The normalized spacial score (nSPS) is 16.2. The Morgan fingerprint density at radius 3 is 2.42 bits per heavy atom. The molecule has 2 atom stereocenters. The van der Waals surface area contributed by atoms with E-state index in [2.05, 4.69) is 15.4 Å². The molecule has 0 radical (unpaired) electrons. The molecule has 3 N–H and O–H groups in total. The summed E-state index contributed by atoms with van der Waals surface area (Å²) in [6.45, 7) is 4.80. The monoisotopic (exact) mass is 475 g/mol. The van der Waals surface area contributed by atoms with Gasteiger partial charge in [0.1, 0.15) is 5.75 Å². The number of benzene rings is 2. The maximum absolute atomic E-state index is 12.4. The molecule has 3 rings (SSSR count). The minimum absolute atomic E-state index is 0.0565. The Labute approximate surface area is 191 Å². The van der Waals surface area contributed by atoms with E-state index in [-0.39, 0.29) is 17.4 Å². The molecule has 1 heterocycles. The molecule has 33 heavy (non-hydrogen) atoms. The van der Waals surface area contributed by atoms with Crippen molar-refractivity contribution >= 4 is 39.2 Å². The third-order valence-corrected chi connectivity index (χ3v) is 6.23. The SMILES string of the molecule is CC(C)NS(=O)(=O)c1ccc(NC(=O)[C@@H](C)OC(=O)C[C@@H]2Oc3ccccc3NC2=O)cc1. The molecule has 176 valence electrons. The van der Waals surface area contributed by atoms with E-state index in [4.69, 9.17) is 9.47 Å². The molecule has 11 heteroatoms. The number of esters is 1. The van der Waals surface area contributed by atoms with Crippen molar-refractivity contribution in [1.29, 1.82) is 0 Å². The van der Waals surface area contributed by atoms with Gasteiger partial charge in [-0.2, -0.15) is 0 Å². The van der Waals surface area contributed by atoms with E-state index in [0.717, 1.165) is 0 Å². The van der Waals surface area contributed by atoms with Gasteiger partial charge in [0.05, 0.1) is 17.0 Å². The Bertz CT molecular complexity index is 1150. The van der Waals surface area contributed by atoms with Crippen LogP contribution in [0.2, 0.25) is 0 Å². The molecule has 2 amide bonds. The topological polar surface area (TPSA) is 140 Å². The van der Waals surface area contributed by atoms with Crippen molar-refractivity contribution in [3.63, 3.8) is 0 Å². The van der Waals surface area contributed by atoms with Crippen molar-refractivity contribution in [2.75, 3.05) is 10.6 Å². The number of hydrogen-bond acceptors (Lipinski definition) is 7. The third kappa shape index (κ3) is 6.30. The van der Waals surface area contributed by atoms with Gasteiger partial charge >= 0.3 is 5.97 Å². The lowest BCUT2D eigenvalue weighted by Crippen LogP contribution is -2.40. The Hall–Kier alpha value is -3.44. The van der Waals surface area contributed by atoms with Crippen LogP contribution in [0.15, 0.2) is 53.4 Å². The number of ether oxygens (including phenoxy) is 2. The second-order valence-corrected chi connectivity index (χ2v) is 9.43. The number of amides is 2. The maximum Gasteiger partial charge on any atom is 0.310 e. The van der Waals surface area contributed by atoms with E-state index in [1.165, 1.54) is 31.2 Å². The number of rotatable bonds is 8. The highest BCUT2D eigenvalue weighted by molar-refractivity contribution is 7.89. The van der Waals surface area contributed by atoms with Gasteiger partial charge in [0.15, 0.2) is 12.2 Å². The molecular weight excluding hydrogens is 450 g/mol. The molecule has 2 aromatic carbocycles. The highest BCUT2D eigenvalue weighted by atomic mass is 32.2. The number of fused-ring (bicyclic) bond motifs is 1. The van der Waals surface area contributed by atoms with Crippen LogP contribution < -0.4 is 20.1 Å².